The van der Waals surface area contributed by atoms with Crippen LogP contribution in [0.15, 0.2) is 18.2 Å². The molecule has 108 valence electrons. The van der Waals surface area contributed by atoms with Crippen LogP contribution in [0.5, 0.6) is 5.75 Å². The number of phenols is 1. The van der Waals surface area contributed by atoms with Gasteiger partial charge in [-0.1, -0.05) is 0 Å². The van der Waals surface area contributed by atoms with Crippen molar-refractivity contribution in [2.45, 2.75) is 19.3 Å². The minimum atomic E-state index is -1.18. The topological polar surface area (TPSA) is 98.7 Å². The van der Waals surface area contributed by atoms with Gasteiger partial charge < -0.3 is 20.8 Å². The quantitative estimate of drug-likeness (QED) is 0.611. The molecular weight excluding hydrogens is 260 g/mol. The van der Waals surface area contributed by atoms with E-state index >= 15 is 0 Å². The van der Waals surface area contributed by atoms with Gasteiger partial charge in [-0.2, -0.15) is 0 Å². The highest BCUT2D eigenvalue weighted by Gasteiger charge is 2.17. The molecule has 6 nitrogen and oxygen atoms in total. The van der Waals surface area contributed by atoms with Crippen molar-refractivity contribution in [1.29, 1.82) is 0 Å². The van der Waals surface area contributed by atoms with Gasteiger partial charge in [0.1, 0.15) is 5.75 Å². The normalized spacial score (nSPS) is 17.9. The zero-order valence-corrected chi connectivity index (χ0v) is 11.1. The number of carbonyl (C=O) groups is 2. The van der Waals surface area contributed by atoms with E-state index in [0.717, 1.165) is 32.0 Å². The second-order valence-electron chi connectivity index (χ2n) is 4.98. The van der Waals surface area contributed by atoms with Crippen LogP contribution in [0.3, 0.4) is 0 Å². The molecule has 1 saturated heterocycles. The Bertz CT molecular complexity index is 510. The van der Waals surface area contributed by atoms with Crippen molar-refractivity contribution >= 4 is 17.6 Å². The lowest BCUT2D eigenvalue weighted by atomic mass is 10.0. The van der Waals surface area contributed by atoms with Gasteiger partial charge >= 0.3 is 5.97 Å². The third-order valence-corrected chi connectivity index (χ3v) is 3.45. The largest absolute Gasteiger partial charge is 0.508 e. The summed E-state index contributed by atoms with van der Waals surface area (Å²) in [5, 5.41) is 24.1. The number of nitrogens with one attached hydrogen (secondary N) is 2. The van der Waals surface area contributed by atoms with E-state index in [4.69, 9.17) is 5.11 Å². The van der Waals surface area contributed by atoms with Gasteiger partial charge in [-0.25, -0.2) is 4.79 Å². The molecule has 1 amide bonds. The van der Waals surface area contributed by atoms with Gasteiger partial charge in [0.15, 0.2) is 0 Å². The van der Waals surface area contributed by atoms with Crippen LogP contribution in [-0.4, -0.2) is 35.2 Å². The Morgan fingerprint density at radius 2 is 2.20 bits per heavy atom. The number of anilines is 1. The number of carboxylic acids is 1. The van der Waals surface area contributed by atoms with Crippen LogP contribution in [-0.2, 0) is 4.79 Å². The summed E-state index contributed by atoms with van der Waals surface area (Å²) < 4.78 is 0. The number of hydrogen-bond acceptors (Lipinski definition) is 4. The number of rotatable bonds is 5. The minimum Gasteiger partial charge on any atom is -0.508 e. The zero-order chi connectivity index (χ0) is 14.5. The average Bonchev–Trinajstić information content (AvgIpc) is 2.91. The van der Waals surface area contributed by atoms with Gasteiger partial charge in [0.05, 0.1) is 11.3 Å². The van der Waals surface area contributed by atoms with E-state index in [1.165, 1.54) is 12.1 Å². The van der Waals surface area contributed by atoms with Crippen molar-refractivity contribution in [3.63, 3.8) is 0 Å². The summed E-state index contributed by atoms with van der Waals surface area (Å²) in [6, 6.07) is 3.87. The molecule has 0 radical (unpaired) electrons. The van der Waals surface area contributed by atoms with Gasteiger partial charge in [-0.05, 0) is 50.0 Å². The number of carboxylic acid groups (broad SMARTS) is 1. The molecule has 1 unspecified atom stereocenters. The number of amides is 1. The predicted octanol–water partition coefficient (Wildman–Crippen LogP) is 1.42. The lowest BCUT2D eigenvalue weighted by Gasteiger charge is -2.10. The molecule has 0 bridgehead atoms. The molecule has 0 spiro atoms. The number of benzene rings is 1. The molecule has 1 aromatic rings. The molecule has 20 heavy (non-hydrogen) atoms. The number of hydrogen-bond donors (Lipinski definition) is 4. The Kier molecular flexibility index (Phi) is 4.57. The van der Waals surface area contributed by atoms with Crippen molar-refractivity contribution in [3.05, 3.63) is 23.8 Å². The fraction of sp³-hybridized carbons (Fsp3) is 0.429. The Hall–Kier alpha value is -2.08. The smallest absolute Gasteiger partial charge is 0.337 e. The lowest BCUT2D eigenvalue weighted by molar-refractivity contribution is -0.116. The number of phenolic OH excluding ortho intramolecular Hbond substituents is 1. The molecule has 6 heteroatoms. The summed E-state index contributed by atoms with van der Waals surface area (Å²) in [5.74, 6) is -1.02. The highest BCUT2D eigenvalue weighted by atomic mass is 16.4. The fourth-order valence-electron chi connectivity index (χ4n) is 2.33. The van der Waals surface area contributed by atoms with E-state index in [1.54, 1.807) is 0 Å². The summed E-state index contributed by atoms with van der Waals surface area (Å²) in [6.45, 7) is 1.93. The van der Waals surface area contributed by atoms with E-state index in [2.05, 4.69) is 10.6 Å². The first-order valence-corrected chi connectivity index (χ1v) is 6.63. The van der Waals surface area contributed by atoms with Crippen LogP contribution in [0.1, 0.15) is 29.6 Å². The molecule has 0 aromatic heterocycles. The van der Waals surface area contributed by atoms with Crippen LogP contribution in [0.2, 0.25) is 0 Å². The molecule has 0 aliphatic carbocycles. The summed E-state index contributed by atoms with van der Waals surface area (Å²) in [4.78, 5) is 22.9. The van der Waals surface area contributed by atoms with Gasteiger partial charge in [0.25, 0.3) is 0 Å². The molecule has 1 heterocycles. The Balaban J connectivity index is 1.94. The molecular formula is C14H18N2O4. The molecule has 2 rings (SSSR count). The van der Waals surface area contributed by atoms with Crippen molar-refractivity contribution in [2.24, 2.45) is 5.92 Å². The van der Waals surface area contributed by atoms with Crippen LogP contribution in [0.25, 0.3) is 0 Å². The summed E-state index contributed by atoms with van der Waals surface area (Å²) >= 11 is 0. The molecule has 1 aliphatic rings. The third kappa shape index (κ3) is 3.71. The molecule has 1 fully saturated rings. The average molecular weight is 278 g/mol. The molecule has 1 aliphatic heterocycles. The van der Waals surface area contributed by atoms with Gasteiger partial charge in [0, 0.05) is 6.42 Å². The lowest BCUT2D eigenvalue weighted by Crippen LogP contribution is -2.16. The fourth-order valence-corrected chi connectivity index (χ4v) is 2.33. The van der Waals surface area contributed by atoms with E-state index < -0.39 is 5.97 Å². The number of aromatic carboxylic acids is 1. The van der Waals surface area contributed by atoms with Crippen molar-refractivity contribution in [1.82, 2.24) is 5.32 Å². The van der Waals surface area contributed by atoms with Crippen LogP contribution >= 0.6 is 0 Å². The predicted molar refractivity (Wildman–Crippen MR) is 73.9 cm³/mol. The number of carbonyl (C=O) groups excluding carboxylic acids is 1. The summed E-state index contributed by atoms with van der Waals surface area (Å²) in [6.07, 6.45) is 2.23. The molecule has 1 aromatic carbocycles. The second-order valence-corrected chi connectivity index (χ2v) is 4.98. The van der Waals surface area contributed by atoms with Crippen LogP contribution < -0.4 is 10.6 Å². The standard InChI is InChI=1S/C14H18N2O4/c17-10-2-3-12(11(7-10)14(19)20)16-13(18)4-1-9-5-6-15-8-9/h2-3,7,9,15,17H,1,4-6,8H2,(H,16,18)(H,19,20). The Labute approximate surface area is 116 Å². The SMILES string of the molecule is O=C(CCC1CCNC1)Nc1ccc(O)cc1C(=O)O. The maximum absolute atomic E-state index is 11.8. The Morgan fingerprint density at radius 1 is 1.40 bits per heavy atom. The van der Waals surface area contributed by atoms with E-state index in [-0.39, 0.29) is 22.9 Å². The Morgan fingerprint density at radius 3 is 2.85 bits per heavy atom. The third-order valence-electron chi connectivity index (χ3n) is 3.45. The van der Waals surface area contributed by atoms with Crippen molar-refractivity contribution in [3.8, 4) is 5.75 Å². The van der Waals surface area contributed by atoms with Gasteiger partial charge in [-0.3, -0.25) is 4.79 Å². The second kappa shape index (κ2) is 6.38. The van der Waals surface area contributed by atoms with E-state index in [0.29, 0.717) is 12.3 Å². The van der Waals surface area contributed by atoms with E-state index in [9.17, 15) is 14.7 Å². The highest BCUT2D eigenvalue weighted by molar-refractivity contribution is 6.00. The first kappa shape index (κ1) is 14.3. The highest BCUT2D eigenvalue weighted by Crippen LogP contribution is 2.22. The summed E-state index contributed by atoms with van der Waals surface area (Å²) in [5.41, 5.74) is 0.103. The molecule has 1 atom stereocenters. The molecule has 0 saturated carbocycles. The maximum Gasteiger partial charge on any atom is 0.337 e. The monoisotopic (exact) mass is 278 g/mol. The van der Waals surface area contributed by atoms with Crippen molar-refractivity contribution < 1.29 is 19.8 Å². The maximum atomic E-state index is 11.8. The first-order valence-electron chi connectivity index (χ1n) is 6.63. The minimum absolute atomic E-state index is 0.110. The summed E-state index contributed by atoms with van der Waals surface area (Å²) in [7, 11) is 0. The van der Waals surface area contributed by atoms with Crippen LogP contribution in [0.4, 0.5) is 5.69 Å². The molecule has 4 N–H and O–H groups in total. The van der Waals surface area contributed by atoms with Crippen molar-refractivity contribution in [2.75, 3.05) is 18.4 Å². The van der Waals surface area contributed by atoms with Gasteiger partial charge in [-0.15, -0.1) is 0 Å². The zero-order valence-electron chi connectivity index (χ0n) is 11.1. The first-order chi connectivity index (χ1) is 9.56. The van der Waals surface area contributed by atoms with E-state index in [1.807, 2.05) is 0 Å². The van der Waals surface area contributed by atoms with Crippen LogP contribution in [0, 0.1) is 5.92 Å². The number of aromatic hydroxyl groups is 1. The van der Waals surface area contributed by atoms with Gasteiger partial charge in [0.2, 0.25) is 5.91 Å².